The number of ketones is 1. The summed E-state index contributed by atoms with van der Waals surface area (Å²) in [5.41, 5.74) is 0.921. The second-order valence-corrected chi connectivity index (χ2v) is 7.01. The Bertz CT molecular complexity index is 1230. The Kier molecular flexibility index (Phi) is 5.67. The molecule has 4 aromatic rings. The van der Waals surface area contributed by atoms with Crippen molar-refractivity contribution in [3.05, 3.63) is 108 Å². The van der Waals surface area contributed by atoms with E-state index in [0.717, 1.165) is 10.8 Å². The standard InChI is InChI=1S/C26H20O5/c1-30-21-13-11-17(12-14-21)24(28)25(18-7-3-2-4-8-18)31-26(29)22-15-19-9-5-6-10-20(19)16-23(22)27/h2-16,25,27H,1H3. The van der Waals surface area contributed by atoms with Crippen molar-refractivity contribution in [2.45, 2.75) is 6.10 Å². The number of fused-ring (bicyclic) bond motifs is 1. The number of methoxy groups -OCH3 is 1. The first kappa shape index (κ1) is 20.2. The van der Waals surface area contributed by atoms with Crippen molar-refractivity contribution in [2.24, 2.45) is 0 Å². The molecule has 154 valence electrons. The van der Waals surface area contributed by atoms with E-state index in [4.69, 9.17) is 9.47 Å². The first-order valence-electron chi connectivity index (χ1n) is 9.73. The Morgan fingerprint density at radius 1 is 0.806 bits per heavy atom. The van der Waals surface area contributed by atoms with Crippen LogP contribution in [0.1, 0.15) is 32.4 Å². The fourth-order valence-corrected chi connectivity index (χ4v) is 3.37. The lowest BCUT2D eigenvalue weighted by atomic mass is 9.99. The van der Waals surface area contributed by atoms with Gasteiger partial charge in [0.2, 0.25) is 5.78 Å². The number of hydrogen-bond donors (Lipinski definition) is 1. The Balaban J connectivity index is 1.68. The van der Waals surface area contributed by atoms with E-state index >= 15 is 0 Å². The van der Waals surface area contributed by atoms with Crippen LogP contribution in [-0.4, -0.2) is 24.0 Å². The number of phenols is 1. The van der Waals surface area contributed by atoms with Gasteiger partial charge in [-0.05, 0) is 47.2 Å². The third kappa shape index (κ3) is 4.26. The van der Waals surface area contributed by atoms with Crippen LogP contribution in [-0.2, 0) is 4.74 Å². The van der Waals surface area contributed by atoms with Gasteiger partial charge in [0.05, 0.1) is 7.11 Å². The van der Waals surface area contributed by atoms with Crippen molar-refractivity contribution >= 4 is 22.5 Å². The lowest BCUT2D eigenvalue weighted by molar-refractivity contribution is 0.0277. The predicted octanol–water partition coefficient (Wildman–Crippen LogP) is 5.34. The van der Waals surface area contributed by atoms with Crippen molar-refractivity contribution < 1.29 is 24.2 Å². The van der Waals surface area contributed by atoms with Crippen LogP contribution in [0.4, 0.5) is 0 Å². The van der Waals surface area contributed by atoms with Gasteiger partial charge in [0.15, 0.2) is 6.10 Å². The minimum atomic E-state index is -1.16. The molecule has 0 fully saturated rings. The highest BCUT2D eigenvalue weighted by molar-refractivity contribution is 6.03. The zero-order valence-corrected chi connectivity index (χ0v) is 16.8. The van der Waals surface area contributed by atoms with Gasteiger partial charge in [-0.15, -0.1) is 0 Å². The minimum absolute atomic E-state index is 0.00200. The maximum Gasteiger partial charge on any atom is 0.343 e. The van der Waals surface area contributed by atoms with Crippen LogP contribution >= 0.6 is 0 Å². The number of hydrogen-bond acceptors (Lipinski definition) is 5. The van der Waals surface area contributed by atoms with Gasteiger partial charge in [-0.3, -0.25) is 4.79 Å². The first-order valence-corrected chi connectivity index (χ1v) is 9.73. The van der Waals surface area contributed by atoms with Gasteiger partial charge in [-0.2, -0.15) is 0 Å². The van der Waals surface area contributed by atoms with Crippen LogP contribution in [0, 0.1) is 0 Å². The lowest BCUT2D eigenvalue weighted by Crippen LogP contribution is -2.20. The normalized spacial score (nSPS) is 11.6. The Hall–Kier alpha value is -4.12. The fourth-order valence-electron chi connectivity index (χ4n) is 3.37. The average Bonchev–Trinajstić information content (AvgIpc) is 2.82. The van der Waals surface area contributed by atoms with Gasteiger partial charge in [0.1, 0.15) is 17.1 Å². The van der Waals surface area contributed by atoms with Crippen LogP contribution in [0.3, 0.4) is 0 Å². The molecule has 0 saturated heterocycles. The van der Waals surface area contributed by atoms with Gasteiger partial charge in [0.25, 0.3) is 0 Å². The zero-order valence-electron chi connectivity index (χ0n) is 16.8. The van der Waals surface area contributed by atoms with Crippen LogP contribution in [0.15, 0.2) is 91.0 Å². The number of carbonyl (C=O) groups is 2. The first-order chi connectivity index (χ1) is 15.1. The van der Waals surface area contributed by atoms with Gasteiger partial charge in [-0.25, -0.2) is 4.79 Å². The lowest BCUT2D eigenvalue weighted by Gasteiger charge is -2.18. The molecule has 0 amide bonds. The molecule has 4 rings (SSSR count). The molecule has 4 aromatic carbocycles. The summed E-state index contributed by atoms with van der Waals surface area (Å²) in [5.74, 6) is -0.736. The number of carbonyl (C=O) groups excluding carboxylic acids is 2. The maximum absolute atomic E-state index is 13.2. The zero-order chi connectivity index (χ0) is 21.8. The molecule has 0 aliphatic rings. The molecule has 31 heavy (non-hydrogen) atoms. The van der Waals surface area contributed by atoms with Crippen LogP contribution in [0.5, 0.6) is 11.5 Å². The summed E-state index contributed by atoms with van der Waals surface area (Å²) in [6.07, 6.45) is -1.16. The molecule has 0 aromatic heterocycles. The van der Waals surface area contributed by atoms with Gasteiger partial charge < -0.3 is 14.6 Å². The molecule has 1 N–H and O–H groups in total. The number of Topliss-reactive ketones (excluding diaryl/α,β-unsaturated/α-hetero) is 1. The van der Waals surface area contributed by atoms with E-state index in [0.29, 0.717) is 16.9 Å². The van der Waals surface area contributed by atoms with Gasteiger partial charge in [-0.1, -0.05) is 54.6 Å². The summed E-state index contributed by atoms with van der Waals surface area (Å²) in [6.45, 7) is 0. The van der Waals surface area contributed by atoms with E-state index in [-0.39, 0.29) is 17.1 Å². The molecule has 5 nitrogen and oxygen atoms in total. The number of phenolic OH excluding ortho intramolecular Hbond substituents is 1. The third-order valence-electron chi connectivity index (χ3n) is 5.02. The SMILES string of the molecule is COc1ccc(C(=O)C(OC(=O)c2cc3ccccc3cc2O)c2ccccc2)cc1. The highest BCUT2D eigenvalue weighted by Crippen LogP contribution is 2.29. The molecular weight excluding hydrogens is 392 g/mol. The summed E-state index contributed by atoms with van der Waals surface area (Å²) in [4.78, 5) is 26.2. The summed E-state index contributed by atoms with van der Waals surface area (Å²) in [7, 11) is 1.54. The van der Waals surface area contributed by atoms with E-state index in [1.54, 1.807) is 61.7 Å². The van der Waals surface area contributed by atoms with Crippen LogP contribution < -0.4 is 4.74 Å². The molecule has 0 saturated carbocycles. The molecule has 0 aliphatic carbocycles. The minimum Gasteiger partial charge on any atom is -0.507 e. The molecule has 0 spiro atoms. The van der Waals surface area contributed by atoms with E-state index in [9.17, 15) is 14.7 Å². The van der Waals surface area contributed by atoms with E-state index in [1.165, 1.54) is 6.07 Å². The summed E-state index contributed by atoms with van der Waals surface area (Å²) in [5, 5.41) is 12.0. The largest absolute Gasteiger partial charge is 0.507 e. The Morgan fingerprint density at radius 2 is 1.42 bits per heavy atom. The second kappa shape index (κ2) is 8.71. The summed E-state index contributed by atoms with van der Waals surface area (Å²) < 4.78 is 10.8. The van der Waals surface area contributed by atoms with Crippen molar-refractivity contribution in [3.8, 4) is 11.5 Å². The van der Waals surface area contributed by atoms with Crippen molar-refractivity contribution in [3.63, 3.8) is 0 Å². The van der Waals surface area contributed by atoms with Crippen LogP contribution in [0.2, 0.25) is 0 Å². The number of esters is 1. The highest BCUT2D eigenvalue weighted by atomic mass is 16.5. The van der Waals surface area contributed by atoms with E-state index in [2.05, 4.69) is 0 Å². The monoisotopic (exact) mass is 412 g/mol. The maximum atomic E-state index is 13.2. The highest BCUT2D eigenvalue weighted by Gasteiger charge is 2.28. The Morgan fingerprint density at radius 3 is 2.06 bits per heavy atom. The predicted molar refractivity (Wildman–Crippen MR) is 118 cm³/mol. The Labute approximate surface area is 179 Å². The molecule has 5 heteroatoms. The number of ether oxygens (including phenoxy) is 2. The fraction of sp³-hybridized carbons (Fsp3) is 0.0769. The van der Waals surface area contributed by atoms with Crippen molar-refractivity contribution in [1.29, 1.82) is 0 Å². The topological polar surface area (TPSA) is 72.8 Å². The molecule has 0 aliphatic heterocycles. The molecule has 1 atom stereocenters. The average molecular weight is 412 g/mol. The van der Waals surface area contributed by atoms with Gasteiger partial charge in [0, 0.05) is 11.1 Å². The second-order valence-electron chi connectivity index (χ2n) is 7.01. The quantitative estimate of drug-likeness (QED) is 0.342. The molecule has 1 unspecified atom stereocenters. The number of benzene rings is 4. The van der Waals surface area contributed by atoms with Crippen molar-refractivity contribution in [1.82, 2.24) is 0 Å². The molecule has 0 heterocycles. The summed E-state index contributed by atoms with van der Waals surface area (Å²) >= 11 is 0. The van der Waals surface area contributed by atoms with E-state index < -0.39 is 12.1 Å². The number of rotatable bonds is 6. The third-order valence-corrected chi connectivity index (χ3v) is 5.02. The van der Waals surface area contributed by atoms with Crippen LogP contribution in [0.25, 0.3) is 10.8 Å². The smallest absolute Gasteiger partial charge is 0.343 e. The molecule has 0 bridgehead atoms. The molecule has 0 radical (unpaired) electrons. The number of aromatic hydroxyl groups is 1. The van der Waals surface area contributed by atoms with E-state index in [1.807, 2.05) is 30.3 Å². The van der Waals surface area contributed by atoms with Crippen molar-refractivity contribution in [2.75, 3.05) is 7.11 Å². The summed E-state index contributed by atoms with van der Waals surface area (Å²) in [6, 6.07) is 25.8. The van der Waals surface area contributed by atoms with Gasteiger partial charge >= 0.3 is 5.97 Å². The molecular formula is C26H20O5.